The molecule has 0 spiro atoms. The second-order valence-corrected chi connectivity index (χ2v) is 6.93. The Bertz CT molecular complexity index is 557. The van der Waals surface area contributed by atoms with Crippen LogP contribution in [0.5, 0.6) is 0 Å². The number of benzene rings is 1. The molecule has 2 N–H and O–H groups in total. The molecule has 26 heavy (non-hydrogen) atoms. The SMILES string of the molecule is CCC(C)COC(=O)N1CCC(NCCNC(=O)c2ccccc2)CC1. The molecule has 1 aliphatic rings. The Labute approximate surface area is 156 Å². The molecule has 1 heterocycles. The molecular formula is C20H31N3O3. The number of hydrogen-bond acceptors (Lipinski definition) is 4. The molecule has 0 bridgehead atoms. The first kappa shape index (κ1) is 20.2. The van der Waals surface area contributed by atoms with E-state index in [1.165, 1.54) is 0 Å². The van der Waals surface area contributed by atoms with Crippen molar-refractivity contribution < 1.29 is 14.3 Å². The lowest BCUT2D eigenvalue weighted by atomic mass is 10.1. The lowest BCUT2D eigenvalue weighted by Gasteiger charge is -2.32. The first-order valence-electron chi connectivity index (χ1n) is 9.58. The van der Waals surface area contributed by atoms with Crippen molar-refractivity contribution in [3.63, 3.8) is 0 Å². The Balaban J connectivity index is 1.57. The van der Waals surface area contributed by atoms with E-state index in [-0.39, 0.29) is 12.0 Å². The van der Waals surface area contributed by atoms with Gasteiger partial charge in [-0.3, -0.25) is 4.79 Å². The summed E-state index contributed by atoms with van der Waals surface area (Å²) in [4.78, 5) is 25.8. The van der Waals surface area contributed by atoms with Gasteiger partial charge in [0.05, 0.1) is 6.61 Å². The summed E-state index contributed by atoms with van der Waals surface area (Å²) in [7, 11) is 0. The van der Waals surface area contributed by atoms with Crippen LogP contribution in [0.25, 0.3) is 0 Å². The quantitative estimate of drug-likeness (QED) is 0.699. The van der Waals surface area contributed by atoms with Crippen LogP contribution < -0.4 is 10.6 Å². The molecule has 1 aliphatic heterocycles. The van der Waals surface area contributed by atoms with Crippen LogP contribution in [0, 0.1) is 5.92 Å². The average molecular weight is 361 g/mol. The Morgan fingerprint density at radius 1 is 1.19 bits per heavy atom. The summed E-state index contributed by atoms with van der Waals surface area (Å²) in [5.74, 6) is 0.357. The van der Waals surface area contributed by atoms with Gasteiger partial charge in [0.25, 0.3) is 5.91 Å². The second-order valence-electron chi connectivity index (χ2n) is 6.93. The number of rotatable bonds is 8. The fourth-order valence-electron chi connectivity index (χ4n) is 2.83. The van der Waals surface area contributed by atoms with Gasteiger partial charge in [0, 0.05) is 37.8 Å². The number of likely N-dealkylation sites (tertiary alicyclic amines) is 1. The number of hydrogen-bond donors (Lipinski definition) is 2. The summed E-state index contributed by atoms with van der Waals surface area (Å²) in [6.07, 6.45) is 2.63. The number of carbonyl (C=O) groups is 2. The summed E-state index contributed by atoms with van der Waals surface area (Å²) in [5, 5.41) is 6.37. The zero-order chi connectivity index (χ0) is 18.8. The van der Waals surface area contributed by atoms with E-state index in [1.54, 1.807) is 17.0 Å². The predicted molar refractivity (Wildman–Crippen MR) is 102 cm³/mol. The third kappa shape index (κ3) is 6.67. The van der Waals surface area contributed by atoms with Crippen LogP contribution in [-0.2, 0) is 4.74 Å². The van der Waals surface area contributed by atoms with Crippen LogP contribution in [0.4, 0.5) is 4.79 Å². The molecule has 1 aromatic rings. The lowest BCUT2D eigenvalue weighted by Crippen LogP contribution is -2.46. The Morgan fingerprint density at radius 2 is 1.88 bits per heavy atom. The van der Waals surface area contributed by atoms with Gasteiger partial charge in [0.2, 0.25) is 0 Å². The molecule has 1 fully saturated rings. The predicted octanol–water partition coefficient (Wildman–Crippen LogP) is 2.65. The van der Waals surface area contributed by atoms with Crippen LogP contribution in [0.1, 0.15) is 43.5 Å². The highest BCUT2D eigenvalue weighted by Gasteiger charge is 2.23. The third-order valence-electron chi connectivity index (χ3n) is 4.82. The lowest BCUT2D eigenvalue weighted by molar-refractivity contribution is 0.0792. The van der Waals surface area contributed by atoms with Crippen LogP contribution in [0.2, 0.25) is 0 Å². The number of ether oxygens (including phenoxy) is 1. The van der Waals surface area contributed by atoms with Crippen molar-refractivity contribution in [3.8, 4) is 0 Å². The van der Waals surface area contributed by atoms with E-state index < -0.39 is 0 Å². The molecular weight excluding hydrogens is 330 g/mol. The van der Waals surface area contributed by atoms with Gasteiger partial charge in [-0.25, -0.2) is 4.79 Å². The summed E-state index contributed by atoms with van der Waals surface area (Å²) < 4.78 is 5.36. The highest BCUT2D eigenvalue weighted by atomic mass is 16.6. The minimum Gasteiger partial charge on any atom is -0.449 e. The molecule has 0 radical (unpaired) electrons. The summed E-state index contributed by atoms with van der Waals surface area (Å²) >= 11 is 0. The van der Waals surface area contributed by atoms with E-state index >= 15 is 0 Å². The maximum atomic E-state index is 12.0. The first-order valence-corrected chi connectivity index (χ1v) is 9.58. The van der Waals surface area contributed by atoms with Crippen LogP contribution in [0.3, 0.4) is 0 Å². The topological polar surface area (TPSA) is 70.7 Å². The van der Waals surface area contributed by atoms with Gasteiger partial charge in [-0.05, 0) is 30.9 Å². The monoisotopic (exact) mass is 361 g/mol. The van der Waals surface area contributed by atoms with Crippen molar-refractivity contribution in [1.29, 1.82) is 0 Å². The van der Waals surface area contributed by atoms with Crippen molar-refractivity contribution >= 4 is 12.0 Å². The molecule has 6 heteroatoms. The highest BCUT2D eigenvalue weighted by Crippen LogP contribution is 2.12. The van der Waals surface area contributed by atoms with E-state index in [0.717, 1.165) is 25.8 Å². The molecule has 0 saturated carbocycles. The molecule has 1 atom stereocenters. The summed E-state index contributed by atoms with van der Waals surface area (Å²) in [5.41, 5.74) is 0.678. The average Bonchev–Trinajstić information content (AvgIpc) is 2.70. The number of nitrogens with one attached hydrogen (secondary N) is 2. The van der Waals surface area contributed by atoms with Gasteiger partial charge in [-0.2, -0.15) is 0 Å². The van der Waals surface area contributed by atoms with E-state index in [0.29, 0.717) is 43.8 Å². The molecule has 0 aliphatic carbocycles. The Morgan fingerprint density at radius 3 is 2.54 bits per heavy atom. The minimum atomic E-state index is -0.195. The molecule has 144 valence electrons. The van der Waals surface area contributed by atoms with Gasteiger partial charge >= 0.3 is 6.09 Å². The van der Waals surface area contributed by atoms with Gasteiger partial charge in [-0.1, -0.05) is 38.5 Å². The largest absolute Gasteiger partial charge is 0.449 e. The Hall–Kier alpha value is -2.08. The molecule has 1 unspecified atom stereocenters. The summed E-state index contributed by atoms with van der Waals surface area (Å²) in [6, 6.07) is 9.59. The van der Waals surface area contributed by atoms with Gasteiger partial charge in [0.1, 0.15) is 0 Å². The highest BCUT2D eigenvalue weighted by molar-refractivity contribution is 5.94. The molecule has 6 nitrogen and oxygen atoms in total. The Kier molecular flexibility index (Phi) is 8.41. The fraction of sp³-hybridized carbons (Fsp3) is 0.600. The van der Waals surface area contributed by atoms with E-state index in [2.05, 4.69) is 24.5 Å². The zero-order valence-corrected chi connectivity index (χ0v) is 15.9. The third-order valence-corrected chi connectivity index (χ3v) is 4.82. The molecule has 2 rings (SSSR count). The van der Waals surface area contributed by atoms with E-state index in [1.807, 2.05) is 18.2 Å². The fourth-order valence-corrected chi connectivity index (χ4v) is 2.83. The van der Waals surface area contributed by atoms with Crippen molar-refractivity contribution in [3.05, 3.63) is 35.9 Å². The van der Waals surface area contributed by atoms with Crippen LogP contribution in [-0.4, -0.2) is 55.7 Å². The van der Waals surface area contributed by atoms with E-state index in [9.17, 15) is 9.59 Å². The van der Waals surface area contributed by atoms with Crippen molar-refractivity contribution in [1.82, 2.24) is 15.5 Å². The van der Waals surface area contributed by atoms with Crippen molar-refractivity contribution in [2.45, 2.75) is 39.2 Å². The summed E-state index contributed by atoms with van der Waals surface area (Å²) in [6.45, 7) is 7.42. The van der Waals surface area contributed by atoms with Crippen LogP contribution in [0.15, 0.2) is 30.3 Å². The van der Waals surface area contributed by atoms with Gasteiger partial charge in [0.15, 0.2) is 0 Å². The van der Waals surface area contributed by atoms with Gasteiger partial charge in [-0.15, -0.1) is 0 Å². The molecule has 2 amide bonds. The number of piperidine rings is 1. The maximum Gasteiger partial charge on any atom is 0.409 e. The normalized spacial score (nSPS) is 16.2. The standard InChI is InChI=1S/C20H31N3O3/c1-3-16(2)15-26-20(25)23-13-9-18(10-14-23)21-11-12-22-19(24)17-7-5-4-6-8-17/h4-8,16,18,21H,3,9-15H2,1-2H3,(H,22,24). The van der Waals surface area contributed by atoms with Crippen molar-refractivity contribution in [2.75, 3.05) is 32.8 Å². The molecule has 1 aromatic carbocycles. The molecule has 1 saturated heterocycles. The van der Waals surface area contributed by atoms with E-state index in [4.69, 9.17) is 4.74 Å². The first-order chi connectivity index (χ1) is 12.6. The van der Waals surface area contributed by atoms with Crippen molar-refractivity contribution in [2.24, 2.45) is 5.92 Å². The number of nitrogens with zero attached hydrogens (tertiary/aromatic N) is 1. The number of amides is 2. The van der Waals surface area contributed by atoms with Gasteiger partial charge < -0.3 is 20.3 Å². The second kappa shape index (κ2) is 10.8. The molecule has 0 aromatic heterocycles. The smallest absolute Gasteiger partial charge is 0.409 e. The minimum absolute atomic E-state index is 0.0497. The number of carbonyl (C=O) groups excluding carboxylic acids is 2. The maximum absolute atomic E-state index is 12.0. The zero-order valence-electron chi connectivity index (χ0n) is 15.9. The van der Waals surface area contributed by atoms with Crippen LogP contribution >= 0.6 is 0 Å².